The number of nitrogens with one attached hydrogen (secondary N) is 2. The molecule has 1 heterocycles. The molecule has 0 atom stereocenters. The van der Waals surface area contributed by atoms with Crippen molar-refractivity contribution >= 4 is 11.7 Å². The number of nitriles is 1. The lowest BCUT2D eigenvalue weighted by Crippen LogP contribution is -2.37. The Kier molecular flexibility index (Phi) is 5.33. The molecule has 0 aliphatic heterocycles. The highest BCUT2D eigenvalue weighted by atomic mass is 16.1. The predicted octanol–water partition coefficient (Wildman–Crippen LogP) is 2.66. The van der Waals surface area contributed by atoms with E-state index in [9.17, 15) is 4.79 Å². The standard InChI is InChI=1S/C16H20N4O/c1-12-6-5-9-18-15(12)19-11-13(10-17)16(21)20-14-7-3-2-4-8-14/h5-6,9,11,14H,2-4,7-8H2,1H3,(H,18,19)(H,20,21)/b13-11-. The highest BCUT2D eigenvalue weighted by Gasteiger charge is 2.18. The molecule has 0 bridgehead atoms. The van der Waals surface area contributed by atoms with Crippen LogP contribution < -0.4 is 10.6 Å². The first kappa shape index (κ1) is 15.0. The number of hydrogen-bond donors (Lipinski definition) is 2. The zero-order valence-corrected chi connectivity index (χ0v) is 12.2. The molecule has 0 spiro atoms. The molecule has 110 valence electrons. The van der Waals surface area contributed by atoms with Crippen molar-refractivity contribution in [3.05, 3.63) is 35.7 Å². The number of amides is 1. The lowest BCUT2D eigenvalue weighted by Gasteiger charge is -2.22. The highest BCUT2D eigenvalue weighted by molar-refractivity contribution is 5.97. The molecule has 1 amide bonds. The van der Waals surface area contributed by atoms with Crippen molar-refractivity contribution in [1.82, 2.24) is 10.3 Å². The summed E-state index contributed by atoms with van der Waals surface area (Å²) >= 11 is 0. The van der Waals surface area contributed by atoms with Gasteiger partial charge >= 0.3 is 0 Å². The normalized spacial score (nSPS) is 16.1. The van der Waals surface area contributed by atoms with Crippen molar-refractivity contribution in [3.63, 3.8) is 0 Å². The second-order valence-electron chi connectivity index (χ2n) is 5.29. The average Bonchev–Trinajstić information content (AvgIpc) is 2.50. The molecule has 1 saturated carbocycles. The molecule has 1 aromatic rings. The van der Waals surface area contributed by atoms with Crippen LogP contribution in [-0.4, -0.2) is 16.9 Å². The third-order valence-corrected chi connectivity index (χ3v) is 3.67. The van der Waals surface area contributed by atoms with Crippen molar-refractivity contribution in [1.29, 1.82) is 5.26 Å². The SMILES string of the molecule is Cc1cccnc1N/C=C(/C#N)C(=O)NC1CCCCC1. The Bertz CT molecular complexity index is 568. The smallest absolute Gasteiger partial charge is 0.263 e. The van der Waals surface area contributed by atoms with Gasteiger partial charge in [-0.3, -0.25) is 4.79 Å². The minimum Gasteiger partial charge on any atom is -0.349 e. The lowest BCUT2D eigenvalue weighted by atomic mass is 9.95. The van der Waals surface area contributed by atoms with Crippen molar-refractivity contribution in [2.45, 2.75) is 45.1 Å². The van der Waals surface area contributed by atoms with Crippen molar-refractivity contribution in [2.75, 3.05) is 5.32 Å². The van der Waals surface area contributed by atoms with Crippen LogP contribution in [0.15, 0.2) is 30.1 Å². The van der Waals surface area contributed by atoms with Gasteiger partial charge in [-0.15, -0.1) is 0 Å². The maximum absolute atomic E-state index is 12.1. The number of aromatic nitrogens is 1. The van der Waals surface area contributed by atoms with Gasteiger partial charge < -0.3 is 10.6 Å². The van der Waals surface area contributed by atoms with Gasteiger partial charge in [-0.1, -0.05) is 25.3 Å². The molecule has 1 fully saturated rings. The number of anilines is 1. The van der Waals surface area contributed by atoms with Gasteiger partial charge in [-0.2, -0.15) is 5.26 Å². The van der Waals surface area contributed by atoms with Gasteiger partial charge in [0.1, 0.15) is 17.5 Å². The van der Waals surface area contributed by atoms with E-state index >= 15 is 0 Å². The fraction of sp³-hybridized carbons (Fsp3) is 0.438. The van der Waals surface area contributed by atoms with Crippen LogP contribution in [0.5, 0.6) is 0 Å². The molecular weight excluding hydrogens is 264 g/mol. The maximum atomic E-state index is 12.1. The van der Waals surface area contributed by atoms with Crippen LogP contribution in [0.3, 0.4) is 0 Å². The Labute approximate surface area is 125 Å². The van der Waals surface area contributed by atoms with E-state index in [0.29, 0.717) is 5.82 Å². The van der Waals surface area contributed by atoms with Gasteiger partial charge in [0.2, 0.25) is 0 Å². The first-order valence-electron chi connectivity index (χ1n) is 7.30. The zero-order chi connectivity index (χ0) is 15.1. The summed E-state index contributed by atoms with van der Waals surface area (Å²) in [4.78, 5) is 16.2. The second-order valence-corrected chi connectivity index (χ2v) is 5.29. The van der Waals surface area contributed by atoms with Gasteiger partial charge in [-0.05, 0) is 31.4 Å². The summed E-state index contributed by atoms with van der Waals surface area (Å²) in [6, 6.07) is 5.89. The molecule has 5 heteroatoms. The van der Waals surface area contributed by atoms with Gasteiger partial charge in [0.05, 0.1) is 0 Å². The molecule has 0 aromatic carbocycles. The van der Waals surface area contributed by atoms with Crippen molar-refractivity contribution in [2.24, 2.45) is 0 Å². The van der Waals surface area contributed by atoms with Crippen LogP contribution in [0, 0.1) is 18.3 Å². The summed E-state index contributed by atoms with van der Waals surface area (Å²) < 4.78 is 0. The summed E-state index contributed by atoms with van der Waals surface area (Å²) in [6.07, 6.45) is 8.59. The summed E-state index contributed by atoms with van der Waals surface area (Å²) in [5.74, 6) is 0.334. The summed E-state index contributed by atoms with van der Waals surface area (Å²) in [7, 11) is 0. The van der Waals surface area contributed by atoms with Gasteiger partial charge in [0.25, 0.3) is 5.91 Å². The van der Waals surface area contributed by atoms with E-state index in [1.165, 1.54) is 12.6 Å². The first-order chi connectivity index (χ1) is 10.2. The quantitative estimate of drug-likeness (QED) is 0.658. The van der Waals surface area contributed by atoms with Gasteiger partial charge in [-0.25, -0.2) is 4.98 Å². The van der Waals surface area contributed by atoms with Crippen LogP contribution in [0.25, 0.3) is 0 Å². The Balaban J connectivity index is 1.98. The number of carbonyl (C=O) groups is 1. The third-order valence-electron chi connectivity index (χ3n) is 3.67. The Morgan fingerprint density at radius 3 is 2.86 bits per heavy atom. The Morgan fingerprint density at radius 1 is 1.43 bits per heavy atom. The number of nitrogens with zero attached hydrogens (tertiary/aromatic N) is 2. The van der Waals surface area contributed by atoms with Crippen molar-refractivity contribution in [3.8, 4) is 6.07 Å². The molecule has 2 N–H and O–H groups in total. The van der Waals surface area contributed by atoms with E-state index < -0.39 is 0 Å². The molecule has 1 aliphatic carbocycles. The number of hydrogen-bond acceptors (Lipinski definition) is 4. The number of rotatable bonds is 4. The van der Waals surface area contributed by atoms with Gasteiger partial charge in [0, 0.05) is 18.4 Å². The number of aryl methyl sites for hydroxylation is 1. The van der Waals surface area contributed by atoms with E-state index in [1.54, 1.807) is 6.20 Å². The average molecular weight is 284 g/mol. The third kappa shape index (κ3) is 4.32. The second kappa shape index (κ2) is 7.44. The maximum Gasteiger partial charge on any atom is 0.263 e. The monoisotopic (exact) mass is 284 g/mol. The van der Waals surface area contributed by atoms with Crippen LogP contribution in [-0.2, 0) is 4.79 Å². The lowest BCUT2D eigenvalue weighted by molar-refractivity contribution is -0.118. The summed E-state index contributed by atoms with van der Waals surface area (Å²) in [6.45, 7) is 1.91. The topological polar surface area (TPSA) is 77.8 Å². The van der Waals surface area contributed by atoms with Crippen LogP contribution in [0.2, 0.25) is 0 Å². The van der Waals surface area contributed by atoms with E-state index in [0.717, 1.165) is 31.2 Å². The largest absolute Gasteiger partial charge is 0.349 e. The van der Waals surface area contributed by atoms with Gasteiger partial charge in [0.15, 0.2) is 0 Å². The van der Waals surface area contributed by atoms with Crippen LogP contribution >= 0.6 is 0 Å². The van der Waals surface area contributed by atoms with E-state index in [4.69, 9.17) is 5.26 Å². The molecule has 0 saturated heterocycles. The fourth-order valence-electron chi connectivity index (χ4n) is 2.44. The van der Waals surface area contributed by atoms with E-state index in [1.807, 2.05) is 25.1 Å². The number of carbonyl (C=O) groups excluding carboxylic acids is 1. The minimum absolute atomic E-state index is 0.0747. The van der Waals surface area contributed by atoms with E-state index in [-0.39, 0.29) is 17.5 Å². The molecule has 1 aromatic heterocycles. The minimum atomic E-state index is -0.314. The molecular formula is C16H20N4O. The Morgan fingerprint density at radius 2 is 2.19 bits per heavy atom. The highest BCUT2D eigenvalue weighted by Crippen LogP contribution is 2.17. The molecule has 2 rings (SSSR count). The number of pyridine rings is 1. The molecule has 5 nitrogen and oxygen atoms in total. The van der Waals surface area contributed by atoms with E-state index in [2.05, 4.69) is 15.6 Å². The van der Waals surface area contributed by atoms with Crippen LogP contribution in [0.1, 0.15) is 37.7 Å². The molecule has 0 unspecified atom stereocenters. The fourth-order valence-corrected chi connectivity index (χ4v) is 2.44. The summed E-state index contributed by atoms with van der Waals surface area (Å²) in [5, 5.41) is 15.0. The zero-order valence-electron chi connectivity index (χ0n) is 12.2. The molecule has 0 radical (unpaired) electrons. The van der Waals surface area contributed by atoms with Crippen LogP contribution in [0.4, 0.5) is 5.82 Å². The predicted molar refractivity (Wildman–Crippen MR) is 81.3 cm³/mol. The first-order valence-corrected chi connectivity index (χ1v) is 7.30. The Hall–Kier alpha value is -2.35. The van der Waals surface area contributed by atoms with Crippen molar-refractivity contribution < 1.29 is 4.79 Å². The molecule has 21 heavy (non-hydrogen) atoms. The summed E-state index contributed by atoms with van der Waals surface area (Å²) in [5.41, 5.74) is 1.03. The molecule has 1 aliphatic rings.